The van der Waals surface area contributed by atoms with Crippen LogP contribution in [0.15, 0.2) is 18.2 Å². The van der Waals surface area contributed by atoms with Crippen LogP contribution in [0.3, 0.4) is 0 Å². The maximum absolute atomic E-state index is 9.32. The van der Waals surface area contributed by atoms with Gasteiger partial charge < -0.3 is 9.84 Å². The van der Waals surface area contributed by atoms with Gasteiger partial charge in [-0.1, -0.05) is 12.1 Å². The molecule has 0 aliphatic heterocycles. The van der Waals surface area contributed by atoms with Gasteiger partial charge in [0.2, 0.25) is 0 Å². The van der Waals surface area contributed by atoms with Gasteiger partial charge in [0, 0.05) is 0 Å². The third-order valence-electron chi connectivity index (χ3n) is 2.85. The monoisotopic (exact) mass is 206 g/mol. The van der Waals surface area contributed by atoms with Crippen LogP contribution in [0.5, 0.6) is 5.75 Å². The average Bonchev–Trinajstić information content (AvgIpc) is 3.00. The van der Waals surface area contributed by atoms with E-state index in [-0.39, 0.29) is 6.10 Å². The Morgan fingerprint density at radius 2 is 2.20 bits per heavy atom. The fraction of sp³-hybridized carbons (Fsp3) is 0.538. The van der Waals surface area contributed by atoms with E-state index in [0.717, 1.165) is 11.3 Å². The lowest BCUT2D eigenvalue weighted by Gasteiger charge is -2.11. The van der Waals surface area contributed by atoms with E-state index in [1.165, 1.54) is 18.4 Å². The van der Waals surface area contributed by atoms with Crippen LogP contribution in [0.1, 0.15) is 36.8 Å². The molecule has 0 radical (unpaired) electrons. The van der Waals surface area contributed by atoms with Crippen molar-refractivity contribution in [3.8, 4) is 5.75 Å². The topological polar surface area (TPSA) is 29.5 Å². The summed E-state index contributed by atoms with van der Waals surface area (Å²) in [6.45, 7) is 1.81. The summed E-state index contributed by atoms with van der Waals surface area (Å²) >= 11 is 0. The van der Waals surface area contributed by atoms with Crippen molar-refractivity contribution in [2.45, 2.75) is 38.2 Å². The van der Waals surface area contributed by atoms with Crippen LogP contribution >= 0.6 is 0 Å². The number of ether oxygens (including phenoxy) is 1. The van der Waals surface area contributed by atoms with Crippen molar-refractivity contribution in [3.05, 3.63) is 29.3 Å². The van der Waals surface area contributed by atoms with Crippen LogP contribution in [0.4, 0.5) is 0 Å². The van der Waals surface area contributed by atoms with Crippen LogP contribution in [0.2, 0.25) is 0 Å². The molecule has 1 saturated carbocycles. The Kier molecular flexibility index (Phi) is 2.96. The highest BCUT2D eigenvalue weighted by Gasteiger charge is 2.26. The molecule has 0 aromatic heterocycles. The lowest BCUT2D eigenvalue weighted by molar-refractivity contribution is 0.195. The number of hydrogen-bond acceptors (Lipinski definition) is 2. The molecule has 2 rings (SSSR count). The number of hydrogen-bond donors (Lipinski definition) is 1. The second-order valence-corrected chi connectivity index (χ2v) is 4.40. The third kappa shape index (κ3) is 2.51. The van der Waals surface area contributed by atoms with Gasteiger partial charge in [-0.3, -0.25) is 0 Å². The van der Waals surface area contributed by atoms with E-state index in [2.05, 4.69) is 18.2 Å². The van der Waals surface area contributed by atoms with E-state index in [0.29, 0.717) is 12.3 Å². The summed E-state index contributed by atoms with van der Waals surface area (Å²) in [5.41, 5.74) is 2.47. The molecule has 1 aromatic rings. The maximum Gasteiger partial charge on any atom is 0.122 e. The van der Waals surface area contributed by atoms with Crippen molar-refractivity contribution in [1.82, 2.24) is 0 Å². The van der Waals surface area contributed by atoms with Crippen LogP contribution in [-0.2, 0) is 6.42 Å². The summed E-state index contributed by atoms with van der Waals surface area (Å²) in [7, 11) is 1.72. The molecular weight excluding hydrogens is 188 g/mol. The Morgan fingerprint density at radius 1 is 1.47 bits per heavy atom. The van der Waals surface area contributed by atoms with Crippen LogP contribution in [0.25, 0.3) is 0 Å². The number of benzene rings is 1. The van der Waals surface area contributed by atoms with E-state index in [4.69, 9.17) is 4.74 Å². The molecule has 1 N–H and O–H groups in total. The van der Waals surface area contributed by atoms with Crippen molar-refractivity contribution in [1.29, 1.82) is 0 Å². The minimum Gasteiger partial charge on any atom is -0.496 e. The number of rotatable bonds is 4. The zero-order valence-electron chi connectivity index (χ0n) is 9.36. The minimum atomic E-state index is -0.290. The lowest BCUT2D eigenvalue weighted by Crippen LogP contribution is -2.04. The minimum absolute atomic E-state index is 0.290. The fourth-order valence-corrected chi connectivity index (χ4v) is 1.96. The summed E-state index contributed by atoms with van der Waals surface area (Å²) in [4.78, 5) is 0. The molecule has 2 heteroatoms. The quantitative estimate of drug-likeness (QED) is 0.820. The second-order valence-electron chi connectivity index (χ2n) is 4.40. The van der Waals surface area contributed by atoms with Crippen molar-refractivity contribution >= 4 is 0 Å². The summed E-state index contributed by atoms with van der Waals surface area (Å²) in [5.74, 6) is 1.69. The predicted molar refractivity (Wildman–Crippen MR) is 60.4 cm³/mol. The maximum atomic E-state index is 9.32. The lowest BCUT2D eigenvalue weighted by atomic mass is 10.0. The first-order valence-electron chi connectivity index (χ1n) is 5.55. The molecule has 1 unspecified atom stereocenters. The van der Waals surface area contributed by atoms with E-state index in [1.807, 2.05) is 0 Å². The van der Waals surface area contributed by atoms with Gasteiger partial charge in [0.1, 0.15) is 5.75 Å². The van der Waals surface area contributed by atoms with Crippen molar-refractivity contribution in [3.63, 3.8) is 0 Å². The zero-order valence-corrected chi connectivity index (χ0v) is 9.36. The van der Waals surface area contributed by atoms with Gasteiger partial charge in [-0.15, -0.1) is 0 Å². The van der Waals surface area contributed by atoms with Gasteiger partial charge in [-0.2, -0.15) is 0 Å². The van der Waals surface area contributed by atoms with Gasteiger partial charge in [0.25, 0.3) is 0 Å². The van der Waals surface area contributed by atoms with Gasteiger partial charge in [0.05, 0.1) is 13.2 Å². The molecule has 1 aromatic carbocycles. The molecule has 1 atom stereocenters. The molecule has 0 saturated heterocycles. The Bertz CT molecular complexity index is 340. The van der Waals surface area contributed by atoms with Gasteiger partial charge in [-0.05, 0) is 49.3 Å². The highest BCUT2D eigenvalue weighted by molar-refractivity contribution is 5.42. The first-order valence-corrected chi connectivity index (χ1v) is 5.55. The molecule has 1 aliphatic rings. The van der Waals surface area contributed by atoms with Gasteiger partial charge in [-0.25, -0.2) is 0 Å². The molecule has 15 heavy (non-hydrogen) atoms. The molecule has 82 valence electrons. The summed E-state index contributed by atoms with van der Waals surface area (Å²) in [5, 5.41) is 9.32. The van der Waals surface area contributed by atoms with Crippen molar-refractivity contribution in [2.75, 3.05) is 7.11 Å². The highest BCUT2D eigenvalue weighted by atomic mass is 16.5. The standard InChI is InChI=1S/C13H18O2/c1-9(14)7-10-3-6-12(11-4-5-11)13(8-10)15-2/h3,6,8-9,11,14H,4-5,7H2,1-2H3. The molecule has 0 spiro atoms. The molecule has 1 fully saturated rings. The predicted octanol–water partition coefficient (Wildman–Crippen LogP) is 2.50. The molecule has 0 heterocycles. The van der Waals surface area contributed by atoms with Gasteiger partial charge in [0.15, 0.2) is 0 Å². The number of aliphatic hydroxyl groups excluding tert-OH is 1. The van der Waals surface area contributed by atoms with E-state index < -0.39 is 0 Å². The SMILES string of the molecule is COc1cc(CC(C)O)ccc1C1CC1. The van der Waals surface area contributed by atoms with Crippen LogP contribution < -0.4 is 4.74 Å². The summed E-state index contributed by atoms with van der Waals surface area (Å²) in [6, 6.07) is 6.30. The van der Waals surface area contributed by atoms with Crippen LogP contribution in [-0.4, -0.2) is 18.3 Å². The molecular formula is C13H18O2. The van der Waals surface area contributed by atoms with Gasteiger partial charge >= 0.3 is 0 Å². The first kappa shape index (κ1) is 10.5. The Labute approximate surface area is 90.9 Å². The number of aliphatic hydroxyl groups is 1. The fourth-order valence-electron chi connectivity index (χ4n) is 1.96. The largest absolute Gasteiger partial charge is 0.496 e. The third-order valence-corrected chi connectivity index (χ3v) is 2.85. The normalized spacial score (nSPS) is 17.5. The Balaban J connectivity index is 2.21. The zero-order chi connectivity index (χ0) is 10.8. The van der Waals surface area contributed by atoms with E-state index in [1.54, 1.807) is 14.0 Å². The van der Waals surface area contributed by atoms with Crippen molar-refractivity contribution in [2.24, 2.45) is 0 Å². The molecule has 2 nitrogen and oxygen atoms in total. The highest BCUT2D eigenvalue weighted by Crippen LogP contribution is 2.44. The average molecular weight is 206 g/mol. The molecule has 0 bridgehead atoms. The second kappa shape index (κ2) is 4.23. The Morgan fingerprint density at radius 3 is 2.73 bits per heavy atom. The van der Waals surface area contributed by atoms with E-state index in [9.17, 15) is 5.11 Å². The summed E-state index contributed by atoms with van der Waals surface area (Å²) < 4.78 is 5.39. The molecule has 1 aliphatic carbocycles. The smallest absolute Gasteiger partial charge is 0.122 e. The van der Waals surface area contributed by atoms with Crippen LogP contribution in [0, 0.1) is 0 Å². The summed E-state index contributed by atoms with van der Waals surface area (Å²) in [6.07, 6.45) is 2.97. The first-order chi connectivity index (χ1) is 7.20. The Hall–Kier alpha value is -1.02. The van der Waals surface area contributed by atoms with Crippen molar-refractivity contribution < 1.29 is 9.84 Å². The molecule has 0 amide bonds. The number of methoxy groups -OCH3 is 1. The van der Waals surface area contributed by atoms with E-state index >= 15 is 0 Å².